The van der Waals surface area contributed by atoms with Gasteiger partial charge in [0.2, 0.25) is 0 Å². The van der Waals surface area contributed by atoms with Gasteiger partial charge in [0.05, 0.1) is 5.56 Å². The van der Waals surface area contributed by atoms with Gasteiger partial charge in [-0.15, -0.1) is 0 Å². The van der Waals surface area contributed by atoms with Crippen LogP contribution in [0.15, 0.2) is 42.5 Å². The second-order valence-electron chi connectivity index (χ2n) is 4.56. The number of nitrogen functional groups attached to an aromatic ring is 1. The molecule has 0 unspecified atom stereocenters. The van der Waals surface area contributed by atoms with Crippen molar-refractivity contribution in [2.75, 3.05) is 12.8 Å². The normalized spacial score (nSPS) is 10.3. The first kappa shape index (κ1) is 14.2. The molecule has 0 aliphatic heterocycles. The average Bonchev–Trinajstić information content (AvgIpc) is 2.40. The number of aromatic hydroxyl groups is 1. The van der Waals surface area contributed by atoms with Crippen LogP contribution in [0, 0.1) is 0 Å². The number of carbonyl (C=O) groups is 1. The first-order chi connectivity index (χ1) is 9.47. The Kier molecular flexibility index (Phi) is 4.15. The van der Waals surface area contributed by atoms with Crippen molar-refractivity contribution in [3.8, 4) is 5.75 Å². The summed E-state index contributed by atoms with van der Waals surface area (Å²) in [5, 5.41) is 9.73. The summed E-state index contributed by atoms with van der Waals surface area (Å²) in [4.78, 5) is 13.9. The lowest BCUT2D eigenvalue weighted by Crippen LogP contribution is -2.26. The SMILES string of the molecule is CN(Cc1ccc(O)cc1)C(=O)c1ccc(Cl)cc1N. The van der Waals surface area contributed by atoms with Crippen molar-refractivity contribution in [3.05, 3.63) is 58.6 Å². The van der Waals surface area contributed by atoms with E-state index in [0.29, 0.717) is 22.8 Å². The smallest absolute Gasteiger partial charge is 0.255 e. The summed E-state index contributed by atoms with van der Waals surface area (Å²) in [6.45, 7) is 0.432. The number of hydrogen-bond donors (Lipinski definition) is 2. The molecule has 0 heterocycles. The van der Waals surface area contributed by atoms with E-state index in [-0.39, 0.29) is 11.7 Å². The van der Waals surface area contributed by atoms with E-state index >= 15 is 0 Å². The van der Waals surface area contributed by atoms with Gasteiger partial charge in [0.25, 0.3) is 5.91 Å². The molecule has 4 nitrogen and oxygen atoms in total. The third-order valence-electron chi connectivity index (χ3n) is 2.95. The van der Waals surface area contributed by atoms with Gasteiger partial charge in [-0.05, 0) is 35.9 Å². The summed E-state index contributed by atoms with van der Waals surface area (Å²) in [5.41, 5.74) is 7.52. The van der Waals surface area contributed by atoms with Crippen molar-refractivity contribution in [3.63, 3.8) is 0 Å². The summed E-state index contributed by atoms with van der Waals surface area (Å²) in [6, 6.07) is 11.5. The molecule has 2 aromatic rings. The first-order valence-electron chi connectivity index (χ1n) is 6.06. The molecule has 0 fully saturated rings. The van der Waals surface area contributed by atoms with Gasteiger partial charge in [-0.2, -0.15) is 0 Å². The second-order valence-corrected chi connectivity index (χ2v) is 5.00. The number of hydrogen-bond acceptors (Lipinski definition) is 3. The maximum Gasteiger partial charge on any atom is 0.255 e. The Hall–Kier alpha value is -2.20. The highest BCUT2D eigenvalue weighted by Gasteiger charge is 2.15. The Balaban J connectivity index is 2.14. The number of benzene rings is 2. The zero-order valence-corrected chi connectivity index (χ0v) is 11.8. The minimum atomic E-state index is -0.174. The molecule has 0 aliphatic carbocycles. The largest absolute Gasteiger partial charge is 0.508 e. The van der Waals surface area contributed by atoms with Crippen LogP contribution in [0.5, 0.6) is 5.75 Å². The fraction of sp³-hybridized carbons (Fsp3) is 0.133. The Morgan fingerprint density at radius 1 is 1.25 bits per heavy atom. The topological polar surface area (TPSA) is 66.6 Å². The van der Waals surface area contributed by atoms with Crippen LogP contribution in [-0.2, 0) is 6.54 Å². The van der Waals surface area contributed by atoms with Crippen LogP contribution in [0.1, 0.15) is 15.9 Å². The molecule has 0 aromatic heterocycles. The van der Waals surface area contributed by atoms with Crippen LogP contribution in [-0.4, -0.2) is 23.0 Å². The van der Waals surface area contributed by atoms with Gasteiger partial charge in [0, 0.05) is 24.3 Å². The highest BCUT2D eigenvalue weighted by atomic mass is 35.5. The molecular formula is C15H15ClN2O2. The predicted molar refractivity (Wildman–Crippen MR) is 79.8 cm³/mol. The molecule has 0 radical (unpaired) electrons. The molecule has 20 heavy (non-hydrogen) atoms. The third kappa shape index (κ3) is 3.22. The number of anilines is 1. The molecule has 1 amide bonds. The number of rotatable bonds is 3. The van der Waals surface area contributed by atoms with Crippen molar-refractivity contribution >= 4 is 23.2 Å². The number of nitrogens with zero attached hydrogens (tertiary/aromatic N) is 1. The van der Waals surface area contributed by atoms with Crippen LogP contribution in [0.4, 0.5) is 5.69 Å². The molecule has 2 rings (SSSR count). The van der Waals surface area contributed by atoms with Crippen LogP contribution >= 0.6 is 11.6 Å². The monoisotopic (exact) mass is 290 g/mol. The van der Waals surface area contributed by atoms with Gasteiger partial charge < -0.3 is 15.7 Å². The maximum atomic E-state index is 12.3. The standard InChI is InChI=1S/C15H15ClN2O2/c1-18(9-10-2-5-12(19)6-3-10)15(20)13-7-4-11(16)8-14(13)17/h2-8,19H,9,17H2,1H3. The zero-order valence-electron chi connectivity index (χ0n) is 11.0. The summed E-state index contributed by atoms with van der Waals surface area (Å²) >= 11 is 5.82. The molecule has 0 saturated heterocycles. The fourth-order valence-electron chi connectivity index (χ4n) is 1.88. The number of nitrogens with two attached hydrogens (primary N) is 1. The molecule has 2 aromatic carbocycles. The van der Waals surface area contributed by atoms with E-state index in [4.69, 9.17) is 17.3 Å². The van der Waals surface area contributed by atoms with Gasteiger partial charge in [0.15, 0.2) is 0 Å². The van der Waals surface area contributed by atoms with Crippen molar-refractivity contribution in [2.45, 2.75) is 6.54 Å². The quantitative estimate of drug-likeness (QED) is 0.854. The minimum absolute atomic E-state index is 0.174. The van der Waals surface area contributed by atoms with E-state index in [9.17, 15) is 9.90 Å². The lowest BCUT2D eigenvalue weighted by molar-refractivity contribution is 0.0786. The number of phenols is 1. The minimum Gasteiger partial charge on any atom is -0.508 e. The molecular weight excluding hydrogens is 276 g/mol. The first-order valence-corrected chi connectivity index (χ1v) is 6.43. The van der Waals surface area contributed by atoms with Gasteiger partial charge >= 0.3 is 0 Å². The molecule has 0 bridgehead atoms. The molecule has 0 spiro atoms. The third-order valence-corrected chi connectivity index (χ3v) is 3.18. The summed E-state index contributed by atoms with van der Waals surface area (Å²) < 4.78 is 0. The molecule has 3 N–H and O–H groups in total. The number of halogens is 1. The summed E-state index contributed by atoms with van der Waals surface area (Å²) in [6.07, 6.45) is 0. The van der Waals surface area contributed by atoms with Crippen LogP contribution in [0.3, 0.4) is 0 Å². The van der Waals surface area contributed by atoms with Gasteiger partial charge in [-0.25, -0.2) is 0 Å². The Morgan fingerprint density at radius 2 is 1.90 bits per heavy atom. The van der Waals surface area contributed by atoms with E-state index in [0.717, 1.165) is 5.56 Å². The van der Waals surface area contributed by atoms with E-state index in [1.807, 2.05) is 0 Å². The molecule has 0 aliphatic rings. The Labute approximate surface area is 122 Å². The highest BCUT2D eigenvalue weighted by molar-refractivity contribution is 6.31. The lowest BCUT2D eigenvalue weighted by Gasteiger charge is -2.18. The van der Waals surface area contributed by atoms with Crippen molar-refractivity contribution in [2.24, 2.45) is 0 Å². The number of phenolic OH excluding ortho intramolecular Hbond substituents is 1. The van der Waals surface area contributed by atoms with Gasteiger partial charge in [-0.1, -0.05) is 23.7 Å². The highest BCUT2D eigenvalue weighted by Crippen LogP contribution is 2.20. The van der Waals surface area contributed by atoms with Crippen LogP contribution in [0.2, 0.25) is 5.02 Å². The Bertz CT molecular complexity index is 626. The summed E-state index contributed by atoms with van der Waals surface area (Å²) in [5.74, 6) is 0.0249. The van der Waals surface area contributed by atoms with E-state index in [2.05, 4.69) is 0 Å². The zero-order chi connectivity index (χ0) is 14.7. The molecule has 104 valence electrons. The van der Waals surface area contributed by atoms with Crippen molar-refractivity contribution in [1.82, 2.24) is 4.90 Å². The van der Waals surface area contributed by atoms with E-state index < -0.39 is 0 Å². The molecule has 0 saturated carbocycles. The van der Waals surface area contributed by atoms with Crippen molar-refractivity contribution < 1.29 is 9.90 Å². The number of carbonyl (C=O) groups excluding carboxylic acids is 1. The second kappa shape index (κ2) is 5.84. The maximum absolute atomic E-state index is 12.3. The lowest BCUT2D eigenvalue weighted by atomic mass is 10.1. The number of amides is 1. The molecule has 5 heteroatoms. The Morgan fingerprint density at radius 3 is 2.50 bits per heavy atom. The van der Waals surface area contributed by atoms with Gasteiger partial charge in [-0.3, -0.25) is 4.79 Å². The predicted octanol–water partition coefficient (Wildman–Crippen LogP) is 2.90. The van der Waals surface area contributed by atoms with E-state index in [1.165, 1.54) is 0 Å². The average molecular weight is 291 g/mol. The van der Waals surface area contributed by atoms with Gasteiger partial charge in [0.1, 0.15) is 5.75 Å². The van der Waals surface area contributed by atoms with Crippen LogP contribution < -0.4 is 5.73 Å². The summed E-state index contributed by atoms with van der Waals surface area (Å²) in [7, 11) is 1.70. The fourth-order valence-corrected chi connectivity index (χ4v) is 2.06. The van der Waals surface area contributed by atoms with Crippen LogP contribution in [0.25, 0.3) is 0 Å². The van der Waals surface area contributed by atoms with Crippen molar-refractivity contribution in [1.29, 1.82) is 0 Å². The van der Waals surface area contributed by atoms with E-state index in [1.54, 1.807) is 54.4 Å². The molecule has 0 atom stereocenters.